The molecule has 0 saturated carbocycles. The highest BCUT2D eigenvalue weighted by molar-refractivity contribution is 7.90. The van der Waals surface area contributed by atoms with E-state index in [0.717, 1.165) is 36.2 Å². The van der Waals surface area contributed by atoms with E-state index in [4.69, 9.17) is 23.2 Å². The van der Waals surface area contributed by atoms with Crippen LogP contribution in [0.3, 0.4) is 0 Å². The van der Waals surface area contributed by atoms with E-state index in [-0.39, 0.29) is 0 Å². The van der Waals surface area contributed by atoms with Crippen molar-refractivity contribution >= 4 is 39.9 Å². The zero-order valence-electron chi connectivity index (χ0n) is 10.5. The molecule has 1 aromatic carbocycles. The van der Waals surface area contributed by atoms with Crippen LogP contribution in [0.1, 0.15) is 25.7 Å². The van der Waals surface area contributed by atoms with Gasteiger partial charge in [-0.15, -0.1) is 0 Å². The van der Waals surface area contributed by atoms with Gasteiger partial charge < -0.3 is 0 Å². The van der Waals surface area contributed by atoms with Crippen LogP contribution in [0.25, 0.3) is 0 Å². The third-order valence-corrected chi connectivity index (χ3v) is 5.85. The molecule has 0 saturated heterocycles. The third-order valence-electron chi connectivity index (χ3n) is 3.62. The predicted octanol–water partition coefficient (Wildman–Crippen LogP) is 4.12. The first-order valence-electron chi connectivity index (χ1n) is 6.32. The summed E-state index contributed by atoms with van der Waals surface area (Å²) in [5, 5.41) is 10.0. The molecule has 1 heterocycles. The Hall–Kier alpha value is -0.590. The summed E-state index contributed by atoms with van der Waals surface area (Å²) in [5.41, 5.74) is 1.32. The highest BCUT2D eigenvalue weighted by Crippen LogP contribution is 2.45. The zero-order valence-corrected chi connectivity index (χ0v) is 12.8. The maximum Gasteiger partial charge on any atom is 0.199 e. The van der Waals surface area contributed by atoms with Crippen molar-refractivity contribution in [1.29, 1.82) is 0 Å². The van der Waals surface area contributed by atoms with Crippen LogP contribution in [-0.4, -0.2) is 15.7 Å². The quantitative estimate of drug-likeness (QED) is 0.654. The average Bonchev–Trinajstić information content (AvgIpc) is 2.72. The van der Waals surface area contributed by atoms with E-state index in [1.54, 1.807) is 18.2 Å². The van der Waals surface area contributed by atoms with Gasteiger partial charge in [-0.2, -0.15) is 0 Å². The van der Waals surface area contributed by atoms with Gasteiger partial charge in [-0.3, -0.25) is 4.31 Å². The van der Waals surface area contributed by atoms with E-state index in [2.05, 4.69) is 4.89 Å². The van der Waals surface area contributed by atoms with Gasteiger partial charge in [0.15, 0.2) is 17.2 Å². The number of para-hydroxylation sites is 1. The van der Waals surface area contributed by atoms with Gasteiger partial charge in [0.1, 0.15) is 0 Å². The fraction of sp³-hybridized carbons (Fsp3) is 0.385. The molecule has 0 bridgehead atoms. The molecule has 1 aromatic rings. The summed E-state index contributed by atoms with van der Waals surface area (Å²) in [6.07, 6.45) is 2.74. The van der Waals surface area contributed by atoms with E-state index >= 15 is 0 Å². The number of rotatable bonds is 2. The van der Waals surface area contributed by atoms with Crippen LogP contribution in [0.4, 0.5) is 5.69 Å². The summed E-state index contributed by atoms with van der Waals surface area (Å²) >= 11 is 12.4. The summed E-state index contributed by atoms with van der Waals surface area (Å²) in [7, 11) is -1.42. The number of halogens is 2. The molecular formula is C13H13Cl2NO3S. The normalized spacial score (nSPS) is 26.1. The molecule has 108 valence electrons. The Morgan fingerprint density at radius 1 is 1.25 bits per heavy atom. The fourth-order valence-electron chi connectivity index (χ4n) is 2.72. The number of benzene rings is 1. The zero-order chi connectivity index (χ0) is 14.3. The molecule has 4 nitrogen and oxygen atoms in total. The van der Waals surface area contributed by atoms with Crippen LogP contribution < -0.4 is 4.31 Å². The van der Waals surface area contributed by atoms with Gasteiger partial charge in [0.05, 0.1) is 15.7 Å². The second-order valence-electron chi connectivity index (χ2n) is 4.76. The first kappa shape index (κ1) is 14.4. The molecule has 2 aliphatic rings. The molecule has 1 aliphatic heterocycles. The third kappa shape index (κ3) is 2.18. The molecule has 1 aliphatic carbocycles. The van der Waals surface area contributed by atoms with Gasteiger partial charge in [-0.1, -0.05) is 29.3 Å². The van der Waals surface area contributed by atoms with Crippen molar-refractivity contribution in [2.24, 2.45) is 0 Å². The van der Waals surface area contributed by atoms with Gasteiger partial charge in [-0.05, 0) is 43.4 Å². The molecule has 7 heteroatoms. The second-order valence-corrected chi connectivity index (χ2v) is 6.96. The predicted molar refractivity (Wildman–Crippen MR) is 80.1 cm³/mol. The van der Waals surface area contributed by atoms with Crippen LogP contribution in [0, 0.1) is 0 Å². The fourth-order valence-corrected chi connectivity index (χ4v) is 5.08. The van der Waals surface area contributed by atoms with Crippen molar-refractivity contribution in [2.45, 2.75) is 31.9 Å². The van der Waals surface area contributed by atoms with Crippen LogP contribution in [0.5, 0.6) is 0 Å². The highest BCUT2D eigenvalue weighted by Gasteiger charge is 2.42. The first-order valence-corrected chi connectivity index (χ1v) is 8.18. The molecule has 0 radical (unpaired) electrons. The Labute approximate surface area is 129 Å². The van der Waals surface area contributed by atoms with Gasteiger partial charge >= 0.3 is 0 Å². The minimum atomic E-state index is -1.42. The molecule has 0 fully saturated rings. The summed E-state index contributed by atoms with van der Waals surface area (Å²) < 4.78 is 14.1. The number of hydrogen-bond donors (Lipinski definition) is 1. The van der Waals surface area contributed by atoms with Crippen LogP contribution in [0.15, 0.2) is 28.7 Å². The van der Waals surface area contributed by atoms with Crippen molar-refractivity contribution in [3.8, 4) is 0 Å². The van der Waals surface area contributed by atoms with E-state index in [1.165, 1.54) is 4.31 Å². The standard InChI is InChI=1S/C13H13Cl2NO3S/c14-9-5-3-6-10(15)12(9)16-13(19-17)8-4-1-2-7-11(8)20(16)18/h3,5-6,13,17H,1-2,4,7H2/t13-,20?/m0/s1. The van der Waals surface area contributed by atoms with Crippen LogP contribution >= 0.6 is 23.2 Å². The Morgan fingerprint density at radius 2 is 1.90 bits per heavy atom. The highest BCUT2D eigenvalue weighted by atomic mass is 35.5. The van der Waals surface area contributed by atoms with E-state index < -0.39 is 17.2 Å². The van der Waals surface area contributed by atoms with Gasteiger partial charge in [0, 0.05) is 4.91 Å². The molecule has 3 rings (SSSR count). The lowest BCUT2D eigenvalue weighted by Crippen LogP contribution is -2.34. The molecule has 20 heavy (non-hydrogen) atoms. The maximum atomic E-state index is 12.7. The number of allylic oxidation sites excluding steroid dienone is 1. The molecule has 1 N–H and O–H groups in total. The minimum Gasteiger partial charge on any atom is -0.251 e. The SMILES string of the molecule is O=S1C2=C(CCCC2)[C@H](OO)N1c1c(Cl)cccc1Cl. The van der Waals surface area contributed by atoms with Crippen LogP contribution in [0.2, 0.25) is 10.0 Å². The Balaban J connectivity index is 2.09. The lowest BCUT2D eigenvalue weighted by atomic mass is 9.98. The smallest absolute Gasteiger partial charge is 0.199 e. The molecule has 1 unspecified atom stereocenters. The summed E-state index contributed by atoms with van der Waals surface area (Å²) in [6, 6.07) is 5.06. The summed E-state index contributed by atoms with van der Waals surface area (Å²) in [4.78, 5) is 5.41. The molecule has 0 amide bonds. The van der Waals surface area contributed by atoms with Gasteiger partial charge in [-0.25, -0.2) is 14.4 Å². The Bertz CT molecular complexity index is 585. The Kier molecular flexibility index (Phi) is 4.06. The summed E-state index contributed by atoms with van der Waals surface area (Å²) in [5.74, 6) is 0. The largest absolute Gasteiger partial charge is 0.251 e. The summed E-state index contributed by atoms with van der Waals surface area (Å²) in [6.45, 7) is 0. The van der Waals surface area contributed by atoms with Crippen LogP contribution in [-0.2, 0) is 15.9 Å². The monoisotopic (exact) mass is 333 g/mol. The van der Waals surface area contributed by atoms with Crippen molar-refractivity contribution < 1.29 is 14.4 Å². The van der Waals surface area contributed by atoms with Gasteiger partial charge in [0.2, 0.25) is 0 Å². The lowest BCUT2D eigenvalue weighted by Gasteiger charge is -2.25. The molecular weight excluding hydrogens is 321 g/mol. The minimum absolute atomic E-state index is 0.382. The van der Waals surface area contributed by atoms with E-state index in [0.29, 0.717) is 15.7 Å². The number of anilines is 1. The molecule has 0 spiro atoms. The van der Waals surface area contributed by atoms with Crippen molar-refractivity contribution in [3.63, 3.8) is 0 Å². The number of hydrogen-bond acceptors (Lipinski definition) is 3. The topological polar surface area (TPSA) is 49.8 Å². The lowest BCUT2D eigenvalue weighted by molar-refractivity contribution is -0.265. The van der Waals surface area contributed by atoms with Crippen molar-refractivity contribution in [3.05, 3.63) is 38.7 Å². The van der Waals surface area contributed by atoms with Gasteiger partial charge in [0.25, 0.3) is 0 Å². The maximum absolute atomic E-state index is 12.7. The van der Waals surface area contributed by atoms with Crippen molar-refractivity contribution in [2.75, 3.05) is 4.31 Å². The first-order chi connectivity index (χ1) is 9.65. The number of nitrogens with zero attached hydrogens (tertiary/aromatic N) is 1. The average molecular weight is 334 g/mol. The molecule has 2 atom stereocenters. The van der Waals surface area contributed by atoms with E-state index in [1.807, 2.05) is 0 Å². The van der Waals surface area contributed by atoms with E-state index in [9.17, 15) is 9.47 Å². The second kappa shape index (κ2) is 5.66. The molecule has 0 aromatic heterocycles. The van der Waals surface area contributed by atoms with Crippen molar-refractivity contribution in [1.82, 2.24) is 0 Å². The Morgan fingerprint density at radius 3 is 2.55 bits per heavy atom.